The van der Waals surface area contributed by atoms with Gasteiger partial charge in [-0.1, -0.05) is 84.9 Å². The lowest BCUT2D eigenvalue weighted by molar-refractivity contribution is 0.620. The van der Waals surface area contributed by atoms with E-state index in [-0.39, 0.29) is 0 Å². The molecule has 0 spiro atoms. The second kappa shape index (κ2) is 10.5. The second-order valence-electron chi connectivity index (χ2n) is 12.7. The summed E-state index contributed by atoms with van der Waals surface area (Å²) in [5.74, 6) is 0.586. The molecular weight excluding hydrogens is 633 g/mol. The molecule has 234 valence electrons. The number of furan rings is 1. The van der Waals surface area contributed by atoms with Gasteiger partial charge in [-0.25, -0.2) is 4.98 Å². The first-order chi connectivity index (χ1) is 24.8. The molecule has 11 rings (SSSR count). The van der Waals surface area contributed by atoms with E-state index in [0.717, 1.165) is 66.4 Å². The van der Waals surface area contributed by atoms with Crippen molar-refractivity contribution in [3.8, 4) is 11.5 Å². The molecule has 0 saturated carbocycles. The van der Waals surface area contributed by atoms with Gasteiger partial charge < -0.3 is 13.7 Å². The van der Waals surface area contributed by atoms with Crippen molar-refractivity contribution in [3.05, 3.63) is 158 Å². The summed E-state index contributed by atoms with van der Waals surface area (Å²) < 4.78 is 15.6. The lowest BCUT2D eigenvalue weighted by Crippen LogP contribution is -2.10. The smallest absolute Gasteiger partial charge is 0.228 e. The highest BCUT2D eigenvalue weighted by Crippen LogP contribution is 2.47. The number of benzene rings is 8. The van der Waals surface area contributed by atoms with Crippen molar-refractivity contribution in [2.24, 2.45) is 0 Å². The van der Waals surface area contributed by atoms with E-state index in [1.54, 1.807) is 0 Å². The number of nitrogens with zero attached hydrogens (tertiary/aromatic N) is 2. The first-order valence-corrected chi connectivity index (χ1v) is 17.5. The number of aromatic nitrogens is 1. The highest BCUT2D eigenvalue weighted by Gasteiger charge is 2.22. The van der Waals surface area contributed by atoms with Gasteiger partial charge in [-0.3, -0.25) is 0 Å². The molecule has 0 atom stereocenters. The number of fused-ring (bicyclic) bond motifs is 10. The predicted molar refractivity (Wildman–Crippen MR) is 209 cm³/mol. The summed E-state index contributed by atoms with van der Waals surface area (Å²) in [5, 5.41) is 9.25. The molecule has 0 aliphatic heterocycles. The van der Waals surface area contributed by atoms with Crippen LogP contribution in [0.25, 0.3) is 86.2 Å². The Morgan fingerprint density at radius 1 is 0.460 bits per heavy atom. The minimum Gasteiger partial charge on any atom is -0.456 e. The van der Waals surface area contributed by atoms with Crippen molar-refractivity contribution in [2.75, 3.05) is 4.90 Å². The van der Waals surface area contributed by atoms with E-state index >= 15 is 0 Å². The second-order valence-corrected chi connectivity index (χ2v) is 13.8. The van der Waals surface area contributed by atoms with Crippen molar-refractivity contribution < 1.29 is 8.83 Å². The minimum absolute atomic E-state index is 0.586. The molecule has 11 aromatic rings. The number of hydrogen-bond acceptors (Lipinski definition) is 5. The zero-order chi connectivity index (χ0) is 32.8. The van der Waals surface area contributed by atoms with Gasteiger partial charge in [-0.05, 0) is 82.9 Å². The fourth-order valence-electron chi connectivity index (χ4n) is 7.59. The van der Waals surface area contributed by atoms with Crippen LogP contribution in [0.5, 0.6) is 0 Å². The van der Waals surface area contributed by atoms with E-state index in [4.69, 9.17) is 13.8 Å². The Kier molecular flexibility index (Phi) is 5.80. The monoisotopic (exact) mass is 658 g/mol. The minimum atomic E-state index is 0.586. The van der Waals surface area contributed by atoms with Crippen LogP contribution in [0.15, 0.2) is 167 Å². The Labute approximate surface area is 290 Å². The molecule has 0 bridgehead atoms. The number of para-hydroxylation sites is 1. The standard InChI is InChI=1S/C45H26N2O2S/c1-2-13-30(14-3-1)47(36-17-9-19-40-43(36)35-24-28-11-4-5-12-29(28)25-41(35)50-40)31-21-22-33-39(26-31)48-37-18-8-16-34(42(33)37)45-46-44-32-15-7-6-10-27(32)20-23-38(44)49-45/h1-26H. The summed E-state index contributed by atoms with van der Waals surface area (Å²) in [6.45, 7) is 0. The molecule has 0 N–H and O–H groups in total. The van der Waals surface area contributed by atoms with Crippen molar-refractivity contribution in [1.29, 1.82) is 0 Å². The first-order valence-electron chi connectivity index (χ1n) is 16.7. The molecule has 0 fully saturated rings. The van der Waals surface area contributed by atoms with Crippen LogP contribution < -0.4 is 4.90 Å². The first kappa shape index (κ1) is 27.5. The molecule has 0 aliphatic carbocycles. The van der Waals surface area contributed by atoms with E-state index in [2.05, 4.69) is 132 Å². The molecule has 3 aromatic heterocycles. The van der Waals surface area contributed by atoms with Gasteiger partial charge in [0.05, 0.1) is 5.69 Å². The predicted octanol–water partition coefficient (Wildman–Crippen LogP) is 13.5. The van der Waals surface area contributed by atoms with Gasteiger partial charge in [0.2, 0.25) is 5.89 Å². The third kappa shape index (κ3) is 4.08. The topological polar surface area (TPSA) is 42.4 Å². The zero-order valence-corrected chi connectivity index (χ0v) is 27.4. The molecule has 0 aliphatic rings. The Bertz CT molecular complexity index is 3120. The van der Waals surface area contributed by atoms with Gasteiger partial charge in [0, 0.05) is 59.3 Å². The van der Waals surface area contributed by atoms with Crippen LogP contribution in [0.1, 0.15) is 0 Å². The molecule has 50 heavy (non-hydrogen) atoms. The Hall–Kier alpha value is -6.43. The average Bonchev–Trinajstić information content (AvgIpc) is 3.88. The molecule has 0 amide bonds. The van der Waals surface area contributed by atoms with Gasteiger partial charge in [0.1, 0.15) is 16.7 Å². The molecule has 3 heterocycles. The van der Waals surface area contributed by atoms with Gasteiger partial charge in [-0.2, -0.15) is 0 Å². The SMILES string of the molecule is c1ccc(N(c2ccc3c(c2)oc2cccc(-c4nc5c(ccc6ccccc65)o4)c23)c2cccc3sc4cc5ccccc5cc4c23)cc1. The Balaban J connectivity index is 1.12. The molecule has 8 aromatic carbocycles. The highest BCUT2D eigenvalue weighted by molar-refractivity contribution is 7.26. The lowest BCUT2D eigenvalue weighted by Gasteiger charge is -2.26. The van der Waals surface area contributed by atoms with Gasteiger partial charge in [-0.15, -0.1) is 11.3 Å². The largest absolute Gasteiger partial charge is 0.456 e. The number of oxazole rings is 1. The maximum atomic E-state index is 6.62. The summed E-state index contributed by atoms with van der Waals surface area (Å²) in [4.78, 5) is 7.38. The number of anilines is 3. The van der Waals surface area contributed by atoms with Crippen LogP contribution in [-0.2, 0) is 0 Å². The molecular formula is C45H26N2O2S. The summed E-state index contributed by atoms with van der Waals surface area (Å²) in [5.41, 5.74) is 7.38. The molecule has 0 saturated heterocycles. The number of hydrogen-bond donors (Lipinski definition) is 0. The maximum absolute atomic E-state index is 6.62. The highest BCUT2D eigenvalue weighted by atomic mass is 32.1. The fourth-order valence-corrected chi connectivity index (χ4v) is 8.75. The fraction of sp³-hybridized carbons (Fsp3) is 0. The Morgan fingerprint density at radius 2 is 1.26 bits per heavy atom. The quantitative estimate of drug-likeness (QED) is 0.189. The van der Waals surface area contributed by atoms with Gasteiger partial charge in [0.25, 0.3) is 0 Å². The van der Waals surface area contributed by atoms with E-state index in [1.807, 2.05) is 41.7 Å². The summed E-state index contributed by atoms with van der Waals surface area (Å²) >= 11 is 1.85. The van der Waals surface area contributed by atoms with E-state index in [9.17, 15) is 0 Å². The van der Waals surface area contributed by atoms with E-state index in [1.165, 1.54) is 30.9 Å². The molecule has 0 unspecified atom stereocenters. The zero-order valence-electron chi connectivity index (χ0n) is 26.6. The van der Waals surface area contributed by atoms with Crippen LogP contribution in [0.2, 0.25) is 0 Å². The van der Waals surface area contributed by atoms with Crippen LogP contribution in [0.4, 0.5) is 17.1 Å². The van der Waals surface area contributed by atoms with Gasteiger partial charge >= 0.3 is 0 Å². The Morgan fingerprint density at radius 3 is 2.16 bits per heavy atom. The molecule has 0 radical (unpaired) electrons. The summed E-state index contributed by atoms with van der Waals surface area (Å²) in [7, 11) is 0. The third-order valence-electron chi connectivity index (χ3n) is 9.85. The van der Waals surface area contributed by atoms with Crippen LogP contribution in [0.3, 0.4) is 0 Å². The van der Waals surface area contributed by atoms with Crippen LogP contribution >= 0.6 is 11.3 Å². The normalized spacial score (nSPS) is 12.0. The van der Waals surface area contributed by atoms with E-state index < -0.39 is 0 Å². The van der Waals surface area contributed by atoms with Crippen molar-refractivity contribution >= 4 is 103 Å². The lowest BCUT2D eigenvalue weighted by atomic mass is 10.0. The van der Waals surface area contributed by atoms with Crippen molar-refractivity contribution in [2.45, 2.75) is 0 Å². The average molecular weight is 659 g/mol. The molecule has 4 nitrogen and oxygen atoms in total. The van der Waals surface area contributed by atoms with Crippen molar-refractivity contribution in [3.63, 3.8) is 0 Å². The third-order valence-corrected chi connectivity index (χ3v) is 11.0. The van der Waals surface area contributed by atoms with E-state index in [0.29, 0.717) is 5.89 Å². The molecule has 5 heteroatoms. The number of rotatable bonds is 4. The maximum Gasteiger partial charge on any atom is 0.228 e. The van der Waals surface area contributed by atoms with Gasteiger partial charge in [0.15, 0.2) is 5.58 Å². The summed E-state index contributed by atoms with van der Waals surface area (Å²) in [6, 6.07) is 55.5. The van der Waals surface area contributed by atoms with Crippen molar-refractivity contribution in [1.82, 2.24) is 4.98 Å². The van der Waals surface area contributed by atoms with Crippen LogP contribution in [0, 0.1) is 0 Å². The summed E-state index contributed by atoms with van der Waals surface area (Å²) in [6.07, 6.45) is 0. The number of thiophene rings is 1. The van der Waals surface area contributed by atoms with Crippen LogP contribution in [-0.4, -0.2) is 4.98 Å².